The molecule has 1 atom stereocenters. The standard InChI is InChI=1S/C27H46O/c1-23(2)13-9-16-26(5)19-10-17-24(3)14-7-8-15-25(4)18-11-20-27(6)21-12-22-28/h13-15,19-20,28H,7-12,16-18,21-22H2,1-6H3/b24-14+,25-15+,26-19+,27-20+/i22T. The van der Waals surface area contributed by atoms with Crippen LogP contribution in [0.1, 0.15) is 107 Å². The molecule has 0 aromatic rings. The first-order valence-electron chi connectivity index (χ1n) is 11.6. The molecule has 0 bridgehead atoms. The van der Waals surface area contributed by atoms with E-state index >= 15 is 0 Å². The SMILES string of the molecule is [3H]C(O)CC/C(C)=C/CC/C(C)=C/CC/C=C(\C)CC/C=C(\C)CCC=C(C)C. The van der Waals surface area contributed by atoms with Crippen LogP contribution in [0.3, 0.4) is 0 Å². The van der Waals surface area contributed by atoms with Gasteiger partial charge in [-0.05, 0) is 106 Å². The average molecular weight is 389 g/mol. The highest BCUT2D eigenvalue weighted by molar-refractivity contribution is 5.07. The fourth-order valence-corrected chi connectivity index (χ4v) is 3.04. The molecule has 0 aliphatic carbocycles. The lowest BCUT2D eigenvalue weighted by atomic mass is 10.0. The molecular weight excluding hydrogens is 340 g/mol. The van der Waals surface area contributed by atoms with Gasteiger partial charge in [0.1, 0.15) is 0 Å². The summed E-state index contributed by atoms with van der Waals surface area (Å²) in [5, 5.41) is 9.01. The zero-order valence-electron chi connectivity index (χ0n) is 20.5. The molecule has 1 nitrogen and oxygen atoms in total. The topological polar surface area (TPSA) is 20.2 Å². The maximum atomic E-state index is 9.01. The summed E-state index contributed by atoms with van der Waals surface area (Å²) in [6, 6.07) is 0. The van der Waals surface area contributed by atoms with Crippen molar-refractivity contribution < 1.29 is 6.48 Å². The zero-order chi connectivity index (χ0) is 22.1. The van der Waals surface area contributed by atoms with E-state index in [4.69, 9.17) is 6.48 Å². The molecule has 160 valence electrons. The second-order valence-electron chi connectivity index (χ2n) is 8.40. The molecule has 0 amide bonds. The third kappa shape index (κ3) is 18.0. The van der Waals surface area contributed by atoms with Gasteiger partial charge in [-0.1, -0.05) is 58.2 Å². The fourth-order valence-electron chi connectivity index (χ4n) is 3.04. The predicted molar refractivity (Wildman–Crippen MR) is 128 cm³/mol. The minimum atomic E-state index is -0.941. The fraction of sp³-hybridized carbons (Fsp3) is 0.630. The first kappa shape index (κ1) is 24.7. The summed E-state index contributed by atoms with van der Waals surface area (Å²) in [7, 11) is 0. The minimum absolute atomic E-state index is 0.536. The van der Waals surface area contributed by atoms with Crippen molar-refractivity contribution in [3.63, 3.8) is 0 Å². The van der Waals surface area contributed by atoms with E-state index in [9.17, 15) is 0 Å². The first-order chi connectivity index (χ1) is 13.7. The summed E-state index contributed by atoms with van der Waals surface area (Å²) in [5.41, 5.74) is 7.15. The van der Waals surface area contributed by atoms with E-state index < -0.39 is 6.58 Å². The van der Waals surface area contributed by atoms with Gasteiger partial charge >= 0.3 is 0 Å². The third-order valence-corrected chi connectivity index (χ3v) is 4.97. The highest BCUT2D eigenvalue weighted by Gasteiger charge is 1.94. The lowest BCUT2D eigenvalue weighted by molar-refractivity contribution is 0.288. The van der Waals surface area contributed by atoms with Gasteiger partial charge in [0, 0.05) is 6.58 Å². The van der Waals surface area contributed by atoms with Gasteiger partial charge in [-0.2, -0.15) is 0 Å². The maximum absolute atomic E-state index is 9.01. The summed E-state index contributed by atoms with van der Waals surface area (Å²) in [6.45, 7) is 12.2. The molecule has 1 unspecified atom stereocenters. The molecule has 0 aliphatic heterocycles. The largest absolute Gasteiger partial charge is 0.396 e. The van der Waals surface area contributed by atoms with Crippen LogP contribution in [0.15, 0.2) is 58.2 Å². The predicted octanol–water partition coefficient (Wildman–Crippen LogP) is 8.63. The summed E-state index contributed by atoms with van der Waals surface area (Å²) in [5.74, 6) is 0. The lowest BCUT2D eigenvalue weighted by Crippen LogP contribution is -1.85. The third-order valence-electron chi connectivity index (χ3n) is 4.97. The molecule has 1 N–H and O–H groups in total. The van der Waals surface area contributed by atoms with Crippen LogP contribution in [0.25, 0.3) is 0 Å². The Morgan fingerprint density at radius 2 is 0.929 bits per heavy atom. The van der Waals surface area contributed by atoms with E-state index in [1.54, 1.807) is 0 Å². The zero-order valence-corrected chi connectivity index (χ0v) is 19.5. The van der Waals surface area contributed by atoms with Gasteiger partial charge in [0.15, 0.2) is 0 Å². The monoisotopic (exact) mass is 388 g/mol. The Kier molecular flexibility index (Phi) is 15.6. The minimum Gasteiger partial charge on any atom is -0.396 e. The van der Waals surface area contributed by atoms with Crippen molar-refractivity contribution in [1.29, 1.82) is 0 Å². The quantitative estimate of drug-likeness (QED) is 0.220. The Hall–Kier alpha value is -1.34. The molecule has 0 heterocycles. The highest BCUT2D eigenvalue weighted by atomic mass is 16.2. The van der Waals surface area contributed by atoms with E-state index in [1.807, 2.05) is 0 Å². The lowest BCUT2D eigenvalue weighted by Gasteiger charge is -2.02. The molecule has 28 heavy (non-hydrogen) atoms. The molecule has 0 aliphatic rings. The van der Waals surface area contributed by atoms with Gasteiger partial charge in [0.2, 0.25) is 0 Å². The molecule has 0 aromatic heterocycles. The number of aliphatic hydroxyl groups is 1. The van der Waals surface area contributed by atoms with E-state index in [1.165, 1.54) is 40.7 Å². The number of allylic oxidation sites excluding steroid dienone is 10. The molecule has 0 aromatic carbocycles. The van der Waals surface area contributed by atoms with Gasteiger partial charge in [0.05, 0.1) is 1.37 Å². The van der Waals surface area contributed by atoms with Crippen molar-refractivity contribution >= 4 is 0 Å². The molecule has 0 radical (unpaired) electrons. The van der Waals surface area contributed by atoms with Crippen LogP contribution < -0.4 is 0 Å². The molecule has 0 saturated heterocycles. The van der Waals surface area contributed by atoms with Crippen molar-refractivity contribution in [1.82, 2.24) is 0 Å². The summed E-state index contributed by atoms with van der Waals surface area (Å²) in [6.07, 6.45) is 22.2. The van der Waals surface area contributed by atoms with Crippen LogP contribution in [0.4, 0.5) is 0 Å². The van der Waals surface area contributed by atoms with Gasteiger partial charge in [-0.3, -0.25) is 0 Å². The second kappa shape index (κ2) is 17.7. The van der Waals surface area contributed by atoms with Crippen LogP contribution in [0.5, 0.6) is 0 Å². The molecular formula is C27H46O. The van der Waals surface area contributed by atoms with E-state index in [0.717, 1.165) is 44.9 Å². The Morgan fingerprint density at radius 1 is 0.571 bits per heavy atom. The second-order valence-corrected chi connectivity index (χ2v) is 8.40. The van der Waals surface area contributed by atoms with Crippen LogP contribution in [-0.2, 0) is 0 Å². The molecule has 0 fully saturated rings. The molecule has 0 spiro atoms. The van der Waals surface area contributed by atoms with Gasteiger partial charge in [-0.25, -0.2) is 0 Å². The highest BCUT2D eigenvalue weighted by Crippen LogP contribution is 2.14. The molecule has 0 saturated carbocycles. The number of rotatable bonds is 15. The van der Waals surface area contributed by atoms with Gasteiger partial charge in [-0.15, -0.1) is 0 Å². The smallest absolute Gasteiger partial charge is 0.0564 e. The van der Waals surface area contributed by atoms with Crippen molar-refractivity contribution in [2.45, 2.75) is 106 Å². The Bertz CT molecular complexity index is 584. The maximum Gasteiger partial charge on any atom is 0.0564 e. The van der Waals surface area contributed by atoms with E-state index in [0.29, 0.717) is 6.42 Å². The average Bonchev–Trinajstić information content (AvgIpc) is 2.63. The number of unbranched alkanes of at least 4 members (excludes halogenated alkanes) is 1. The number of hydrogen-bond donors (Lipinski definition) is 1. The summed E-state index contributed by atoms with van der Waals surface area (Å²) < 4.78 is 7.14. The Labute approximate surface area is 177 Å². The van der Waals surface area contributed by atoms with Crippen molar-refractivity contribution in [2.24, 2.45) is 0 Å². The summed E-state index contributed by atoms with van der Waals surface area (Å²) in [4.78, 5) is 0. The Morgan fingerprint density at radius 3 is 1.32 bits per heavy atom. The van der Waals surface area contributed by atoms with Crippen molar-refractivity contribution in [3.8, 4) is 0 Å². The first-order valence-corrected chi connectivity index (χ1v) is 11.1. The Balaban J connectivity index is 4.03. The van der Waals surface area contributed by atoms with Crippen LogP contribution >= 0.6 is 0 Å². The van der Waals surface area contributed by atoms with Crippen LogP contribution in [0, 0.1) is 0 Å². The number of aliphatic hydroxyl groups excluding tert-OH is 1. The van der Waals surface area contributed by atoms with Crippen LogP contribution in [-0.4, -0.2) is 11.7 Å². The van der Waals surface area contributed by atoms with Gasteiger partial charge in [0.25, 0.3) is 0 Å². The van der Waals surface area contributed by atoms with E-state index in [2.05, 4.69) is 71.9 Å². The number of hydrogen-bond acceptors (Lipinski definition) is 1. The van der Waals surface area contributed by atoms with E-state index in [-0.39, 0.29) is 0 Å². The van der Waals surface area contributed by atoms with Crippen LogP contribution in [0.2, 0.25) is 0 Å². The van der Waals surface area contributed by atoms with Crippen molar-refractivity contribution in [3.05, 3.63) is 58.2 Å². The van der Waals surface area contributed by atoms with Gasteiger partial charge < -0.3 is 5.11 Å². The van der Waals surface area contributed by atoms with Crippen molar-refractivity contribution in [2.75, 3.05) is 6.58 Å². The normalized spacial score (nSPS) is 15.5. The molecule has 1 heteroatoms. The summed E-state index contributed by atoms with van der Waals surface area (Å²) >= 11 is 0. The molecule has 0 rings (SSSR count).